The van der Waals surface area contributed by atoms with Crippen LogP contribution in [0.25, 0.3) is 10.9 Å². The van der Waals surface area contributed by atoms with Crippen molar-refractivity contribution in [2.75, 3.05) is 18.4 Å². The fourth-order valence-electron chi connectivity index (χ4n) is 4.13. The van der Waals surface area contributed by atoms with E-state index in [0.717, 1.165) is 43.4 Å². The van der Waals surface area contributed by atoms with Crippen molar-refractivity contribution >= 4 is 22.5 Å². The maximum atomic E-state index is 13.0. The lowest BCUT2D eigenvalue weighted by Gasteiger charge is -2.32. The summed E-state index contributed by atoms with van der Waals surface area (Å²) in [7, 11) is 0. The molecule has 0 bridgehead atoms. The quantitative estimate of drug-likeness (QED) is 0.481. The number of hydrogen-bond acceptors (Lipinski definition) is 5. The minimum atomic E-state index is -0.243. The molecule has 1 aliphatic heterocycles. The van der Waals surface area contributed by atoms with Crippen LogP contribution in [0, 0.1) is 0 Å². The number of benzene rings is 2. The first-order valence-electron chi connectivity index (χ1n) is 10.9. The molecule has 5 rings (SSSR count). The molecule has 162 valence electrons. The Labute approximate surface area is 186 Å². The molecule has 0 saturated carbocycles. The molecular weight excluding hydrogens is 402 g/mol. The highest BCUT2D eigenvalue weighted by atomic mass is 16.5. The van der Waals surface area contributed by atoms with Gasteiger partial charge in [0, 0.05) is 30.4 Å². The number of nitrogens with zero attached hydrogens (tertiary/aromatic N) is 3. The summed E-state index contributed by atoms with van der Waals surface area (Å²) in [5, 5.41) is 10.8. The number of nitrogens with one attached hydrogen (secondary N) is 2. The van der Waals surface area contributed by atoms with Crippen molar-refractivity contribution in [1.82, 2.24) is 20.1 Å². The van der Waals surface area contributed by atoms with E-state index in [1.807, 2.05) is 24.3 Å². The van der Waals surface area contributed by atoms with Crippen LogP contribution in [0.15, 0.2) is 73.1 Å². The van der Waals surface area contributed by atoms with Gasteiger partial charge in [0.2, 0.25) is 5.88 Å². The topological polar surface area (TPSA) is 83.1 Å². The van der Waals surface area contributed by atoms with Gasteiger partial charge in [-0.05, 0) is 55.3 Å². The van der Waals surface area contributed by atoms with Crippen LogP contribution in [0.3, 0.4) is 0 Å². The van der Waals surface area contributed by atoms with Crippen LogP contribution in [0.5, 0.6) is 5.88 Å². The average Bonchev–Trinajstić information content (AvgIpc) is 3.28. The molecule has 0 aliphatic carbocycles. The summed E-state index contributed by atoms with van der Waals surface area (Å²) < 4.78 is 6.24. The number of fused-ring (bicyclic) bond motifs is 1. The molecule has 1 amide bonds. The van der Waals surface area contributed by atoms with E-state index in [0.29, 0.717) is 17.1 Å². The number of likely N-dealkylation sites (tertiary alicyclic amines) is 1. The second kappa shape index (κ2) is 9.20. The lowest BCUT2D eigenvalue weighted by atomic mass is 10.1. The predicted molar refractivity (Wildman–Crippen MR) is 124 cm³/mol. The van der Waals surface area contributed by atoms with Crippen molar-refractivity contribution < 1.29 is 9.53 Å². The Hall–Kier alpha value is -3.71. The van der Waals surface area contributed by atoms with Crippen LogP contribution >= 0.6 is 0 Å². The molecule has 7 heteroatoms. The highest BCUT2D eigenvalue weighted by Gasteiger charge is 2.24. The van der Waals surface area contributed by atoms with Crippen molar-refractivity contribution in [1.29, 1.82) is 0 Å². The average molecular weight is 428 g/mol. The van der Waals surface area contributed by atoms with E-state index in [2.05, 4.69) is 49.7 Å². The van der Waals surface area contributed by atoms with Crippen LogP contribution in [0.2, 0.25) is 0 Å². The highest BCUT2D eigenvalue weighted by molar-refractivity contribution is 6.06. The number of carbonyl (C=O) groups is 1. The molecular formula is C25H25N5O2. The first kappa shape index (κ1) is 20.2. The fraction of sp³-hybridized carbons (Fsp3) is 0.240. The Morgan fingerprint density at radius 3 is 2.97 bits per heavy atom. The third kappa shape index (κ3) is 4.63. The van der Waals surface area contributed by atoms with Crippen molar-refractivity contribution in [2.24, 2.45) is 0 Å². The number of piperidine rings is 1. The first-order chi connectivity index (χ1) is 15.7. The third-order valence-corrected chi connectivity index (χ3v) is 5.70. The smallest absolute Gasteiger partial charge is 0.261 e. The largest absolute Gasteiger partial charge is 0.472 e. The number of carbonyl (C=O) groups excluding carboxylic acids is 1. The van der Waals surface area contributed by atoms with Crippen LogP contribution < -0.4 is 10.1 Å². The molecule has 4 aromatic rings. The van der Waals surface area contributed by atoms with Gasteiger partial charge in [-0.25, -0.2) is 4.98 Å². The van der Waals surface area contributed by atoms with Gasteiger partial charge in [-0.2, -0.15) is 5.10 Å². The van der Waals surface area contributed by atoms with Crippen LogP contribution in [-0.2, 0) is 6.54 Å². The molecule has 0 spiro atoms. The summed E-state index contributed by atoms with van der Waals surface area (Å²) in [6, 6.07) is 19.6. The molecule has 1 unspecified atom stereocenters. The third-order valence-electron chi connectivity index (χ3n) is 5.70. The monoisotopic (exact) mass is 427 g/mol. The maximum absolute atomic E-state index is 13.0. The van der Waals surface area contributed by atoms with Gasteiger partial charge in [-0.15, -0.1) is 0 Å². The van der Waals surface area contributed by atoms with Crippen molar-refractivity contribution in [3.8, 4) is 5.88 Å². The molecule has 1 fully saturated rings. The Morgan fingerprint density at radius 2 is 2.06 bits per heavy atom. The highest BCUT2D eigenvalue weighted by Crippen LogP contribution is 2.23. The zero-order valence-electron chi connectivity index (χ0n) is 17.7. The van der Waals surface area contributed by atoms with E-state index in [9.17, 15) is 4.79 Å². The summed E-state index contributed by atoms with van der Waals surface area (Å²) in [6.07, 6.45) is 5.38. The first-order valence-corrected chi connectivity index (χ1v) is 10.9. The Balaban J connectivity index is 1.27. The zero-order chi connectivity index (χ0) is 21.8. The number of pyridine rings is 1. The number of hydrogen-bond donors (Lipinski definition) is 2. The van der Waals surface area contributed by atoms with Crippen molar-refractivity contribution in [3.05, 3.63) is 84.2 Å². The molecule has 2 aromatic heterocycles. The SMILES string of the molecule is O=C(Nc1ccc2[nH]ncc2c1)c1cccnc1OC1CCCN(Cc2ccccc2)C1. The molecule has 32 heavy (non-hydrogen) atoms. The number of aromatic nitrogens is 3. The van der Waals surface area contributed by atoms with Crippen LogP contribution in [-0.4, -0.2) is 45.2 Å². The fourth-order valence-corrected chi connectivity index (χ4v) is 4.13. The lowest BCUT2D eigenvalue weighted by molar-refractivity contribution is 0.0789. The van der Waals surface area contributed by atoms with E-state index in [4.69, 9.17) is 4.74 Å². The molecule has 2 aromatic carbocycles. The second-order valence-corrected chi connectivity index (χ2v) is 8.09. The minimum Gasteiger partial charge on any atom is -0.472 e. The second-order valence-electron chi connectivity index (χ2n) is 8.09. The number of H-pyrrole nitrogens is 1. The van der Waals surface area contributed by atoms with E-state index in [1.165, 1.54) is 5.56 Å². The number of aromatic amines is 1. The van der Waals surface area contributed by atoms with E-state index >= 15 is 0 Å². The van der Waals surface area contributed by atoms with E-state index < -0.39 is 0 Å². The molecule has 1 aliphatic rings. The van der Waals surface area contributed by atoms with Gasteiger partial charge in [0.15, 0.2) is 0 Å². The van der Waals surface area contributed by atoms with Gasteiger partial charge < -0.3 is 10.1 Å². The maximum Gasteiger partial charge on any atom is 0.261 e. The molecule has 3 heterocycles. The summed E-state index contributed by atoms with van der Waals surface area (Å²) >= 11 is 0. The summed E-state index contributed by atoms with van der Waals surface area (Å²) in [6.45, 7) is 2.75. The van der Waals surface area contributed by atoms with Crippen molar-refractivity contribution in [2.45, 2.75) is 25.5 Å². The van der Waals surface area contributed by atoms with Gasteiger partial charge in [-0.1, -0.05) is 30.3 Å². The molecule has 2 N–H and O–H groups in total. The van der Waals surface area contributed by atoms with Gasteiger partial charge >= 0.3 is 0 Å². The lowest BCUT2D eigenvalue weighted by Crippen LogP contribution is -2.41. The molecule has 1 atom stereocenters. The number of anilines is 1. The number of rotatable bonds is 6. The molecule has 7 nitrogen and oxygen atoms in total. The van der Waals surface area contributed by atoms with Crippen LogP contribution in [0.1, 0.15) is 28.8 Å². The van der Waals surface area contributed by atoms with Crippen molar-refractivity contribution in [3.63, 3.8) is 0 Å². The van der Waals surface area contributed by atoms with Gasteiger partial charge in [0.1, 0.15) is 11.7 Å². The summed E-state index contributed by atoms with van der Waals surface area (Å²) in [5.74, 6) is 0.133. The molecule has 1 saturated heterocycles. The summed E-state index contributed by atoms with van der Waals surface area (Å²) in [5.41, 5.74) is 3.34. The normalized spacial score (nSPS) is 16.7. The standard InChI is InChI=1S/C25H25N5O2/c31-24(28-20-10-11-23-19(14-20)15-27-29-23)22-9-4-12-26-25(22)32-21-8-5-13-30(17-21)16-18-6-2-1-3-7-18/h1-4,6-7,9-12,14-15,21H,5,8,13,16-17H2,(H,27,29)(H,28,31). The van der Waals surface area contributed by atoms with Gasteiger partial charge in [0.05, 0.1) is 11.7 Å². The van der Waals surface area contributed by atoms with E-state index in [-0.39, 0.29) is 12.0 Å². The van der Waals surface area contributed by atoms with Crippen LogP contribution in [0.4, 0.5) is 5.69 Å². The Bertz CT molecular complexity index is 1210. The number of ether oxygens (including phenoxy) is 1. The van der Waals surface area contributed by atoms with Gasteiger partial charge in [-0.3, -0.25) is 14.8 Å². The number of amides is 1. The Kier molecular flexibility index (Phi) is 5.81. The zero-order valence-corrected chi connectivity index (χ0v) is 17.7. The Morgan fingerprint density at radius 1 is 1.16 bits per heavy atom. The predicted octanol–water partition coefficient (Wildman–Crippen LogP) is 4.25. The van der Waals surface area contributed by atoms with E-state index in [1.54, 1.807) is 24.5 Å². The van der Waals surface area contributed by atoms with Gasteiger partial charge in [0.25, 0.3) is 5.91 Å². The molecule has 0 radical (unpaired) electrons. The minimum absolute atomic E-state index is 0.00353. The summed E-state index contributed by atoms with van der Waals surface area (Å²) in [4.78, 5) is 19.8.